The molecule has 150 valence electrons. The molecule has 0 spiro atoms. The molecule has 9 heteroatoms. The van der Waals surface area contributed by atoms with Crippen LogP contribution in [0.15, 0.2) is 36.5 Å². The standard InChI is InChI=1S/C20H20ClN5O3/c1-12-11-25(20(28)29)7-8-26(12)19(27)13-3-4-14-15(21)10-17(23-16(14)9-13)18-5-6-22-24(18)2/h3-6,9-10,12H,7-8,11H2,1-2H3,(H,28,29)/t12-/m0/s1. The summed E-state index contributed by atoms with van der Waals surface area (Å²) < 4.78 is 1.71. The van der Waals surface area contributed by atoms with Crippen molar-refractivity contribution in [3.8, 4) is 11.4 Å². The van der Waals surface area contributed by atoms with Crippen LogP contribution in [0.1, 0.15) is 17.3 Å². The molecule has 0 unspecified atom stereocenters. The van der Waals surface area contributed by atoms with Crippen LogP contribution in [-0.4, -0.2) is 67.3 Å². The summed E-state index contributed by atoms with van der Waals surface area (Å²) >= 11 is 6.45. The number of carbonyl (C=O) groups is 2. The Labute approximate surface area is 172 Å². The van der Waals surface area contributed by atoms with E-state index in [1.165, 1.54) is 4.90 Å². The first kappa shape index (κ1) is 19.2. The number of benzene rings is 1. The minimum Gasteiger partial charge on any atom is -0.465 e. The quantitative estimate of drug-likeness (QED) is 0.697. The number of halogens is 1. The summed E-state index contributed by atoms with van der Waals surface area (Å²) in [7, 11) is 1.83. The van der Waals surface area contributed by atoms with Crippen molar-refractivity contribution in [3.05, 3.63) is 47.1 Å². The van der Waals surface area contributed by atoms with Gasteiger partial charge in [0.15, 0.2) is 0 Å². The maximum absolute atomic E-state index is 13.1. The number of aromatic nitrogens is 3. The highest BCUT2D eigenvalue weighted by Gasteiger charge is 2.30. The molecule has 4 rings (SSSR count). The van der Waals surface area contributed by atoms with Crippen molar-refractivity contribution in [2.75, 3.05) is 19.6 Å². The normalized spacial score (nSPS) is 17.0. The van der Waals surface area contributed by atoms with Gasteiger partial charge >= 0.3 is 6.09 Å². The zero-order valence-electron chi connectivity index (χ0n) is 16.0. The van der Waals surface area contributed by atoms with Gasteiger partial charge in [-0.15, -0.1) is 0 Å². The van der Waals surface area contributed by atoms with E-state index in [1.807, 2.05) is 20.0 Å². The van der Waals surface area contributed by atoms with Gasteiger partial charge in [0, 0.05) is 49.9 Å². The SMILES string of the molecule is C[C@H]1CN(C(=O)O)CCN1C(=O)c1ccc2c(Cl)cc(-c3ccnn3C)nc2c1. The number of carbonyl (C=O) groups excluding carboxylic acids is 1. The van der Waals surface area contributed by atoms with E-state index in [0.717, 1.165) is 11.1 Å². The molecule has 2 aromatic heterocycles. The molecule has 0 saturated carbocycles. The van der Waals surface area contributed by atoms with Gasteiger partial charge in [-0.2, -0.15) is 5.10 Å². The summed E-state index contributed by atoms with van der Waals surface area (Å²) in [6.45, 7) is 2.80. The number of pyridine rings is 1. The van der Waals surface area contributed by atoms with Gasteiger partial charge in [0.2, 0.25) is 0 Å². The van der Waals surface area contributed by atoms with E-state index < -0.39 is 6.09 Å². The number of rotatable bonds is 2. The lowest BCUT2D eigenvalue weighted by molar-refractivity contribution is 0.0484. The second-order valence-electron chi connectivity index (χ2n) is 7.14. The van der Waals surface area contributed by atoms with E-state index in [9.17, 15) is 9.59 Å². The molecule has 1 aromatic carbocycles. The third-order valence-corrected chi connectivity index (χ3v) is 5.56. The zero-order chi connectivity index (χ0) is 20.7. The highest BCUT2D eigenvalue weighted by Crippen LogP contribution is 2.29. The van der Waals surface area contributed by atoms with Crippen molar-refractivity contribution in [2.45, 2.75) is 13.0 Å². The van der Waals surface area contributed by atoms with Crippen molar-refractivity contribution in [1.82, 2.24) is 24.6 Å². The Kier molecular flexibility index (Phi) is 4.87. The Balaban J connectivity index is 1.67. The Hall–Kier alpha value is -3.13. The lowest BCUT2D eigenvalue weighted by Crippen LogP contribution is -2.55. The van der Waals surface area contributed by atoms with Crippen LogP contribution in [-0.2, 0) is 7.05 Å². The molecule has 1 fully saturated rings. The van der Waals surface area contributed by atoms with Crippen molar-refractivity contribution in [3.63, 3.8) is 0 Å². The highest BCUT2D eigenvalue weighted by atomic mass is 35.5. The van der Waals surface area contributed by atoms with Gasteiger partial charge in [0.25, 0.3) is 5.91 Å². The molecule has 2 amide bonds. The van der Waals surface area contributed by atoms with Gasteiger partial charge in [-0.25, -0.2) is 9.78 Å². The van der Waals surface area contributed by atoms with Gasteiger partial charge in [0.1, 0.15) is 0 Å². The maximum atomic E-state index is 13.1. The monoisotopic (exact) mass is 413 g/mol. The summed E-state index contributed by atoms with van der Waals surface area (Å²) in [6.07, 6.45) is 0.726. The Morgan fingerprint density at radius 2 is 2.00 bits per heavy atom. The van der Waals surface area contributed by atoms with Crippen LogP contribution in [0.3, 0.4) is 0 Å². The fraction of sp³-hybridized carbons (Fsp3) is 0.300. The number of hydrogen-bond donors (Lipinski definition) is 1. The largest absolute Gasteiger partial charge is 0.465 e. The predicted molar refractivity (Wildman–Crippen MR) is 109 cm³/mol. The van der Waals surface area contributed by atoms with E-state index in [1.54, 1.807) is 40.0 Å². The first-order valence-electron chi connectivity index (χ1n) is 9.22. The average Bonchev–Trinajstić information content (AvgIpc) is 3.12. The molecule has 29 heavy (non-hydrogen) atoms. The van der Waals surface area contributed by atoms with Gasteiger partial charge in [-0.3, -0.25) is 9.48 Å². The van der Waals surface area contributed by atoms with Crippen molar-refractivity contribution >= 4 is 34.5 Å². The molecular weight excluding hydrogens is 394 g/mol. The number of piperazine rings is 1. The Bertz CT molecular complexity index is 1110. The lowest BCUT2D eigenvalue weighted by atomic mass is 10.1. The molecule has 3 aromatic rings. The highest BCUT2D eigenvalue weighted by molar-refractivity contribution is 6.35. The summed E-state index contributed by atoms with van der Waals surface area (Å²) in [5.74, 6) is -0.145. The molecule has 1 saturated heterocycles. The van der Waals surface area contributed by atoms with Gasteiger partial charge in [0.05, 0.1) is 21.9 Å². The van der Waals surface area contributed by atoms with E-state index in [0.29, 0.717) is 41.4 Å². The van der Waals surface area contributed by atoms with Crippen LogP contribution in [0.25, 0.3) is 22.3 Å². The van der Waals surface area contributed by atoms with E-state index in [4.69, 9.17) is 16.7 Å². The molecular formula is C20H20ClN5O3. The summed E-state index contributed by atoms with van der Waals surface area (Å²) in [6, 6.07) is 8.69. The van der Waals surface area contributed by atoms with Crippen LogP contribution >= 0.6 is 11.6 Å². The van der Waals surface area contributed by atoms with Gasteiger partial charge in [-0.05, 0) is 31.2 Å². The van der Waals surface area contributed by atoms with Crippen LogP contribution in [0.4, 0.5) is 4.79 Å². The van der Waals surface area contributed by atoms with Crippen LogP contribution in [0.2, 0.25) is 5.02 Å². The number of aryl methyl sites for hydroxylation is 1. The van der Waals surface area contributed by atoms with Crippen molar-refractivity contribution in [1.29, 1.82) is 0 Å². The summed E-state index contributed by atoms with van der Waals surface area (Å²) in [5.41, 5.74) is 2.62. The minimum atomic E-state index is -0.962. The van der Waals surface area contributed by atoms with E-state index in [-0.39, 0.29) is 11.9 Å². The molecule has 0 radical (unpaired) electrons. The number of nitrogens with zero attached hydrogens (tertiary/aromatic N) is 5. The molecule has 1 N–H and O–H groups in total. The fourth-order valence-electron chi connectivity index (χ4n) is 3.67. The molecule has 0 bridgehead atoms. The smallest absolute Gasteiger partial charge is 0.407 e. The molecule has 0 aliphatic carbocycles. The first-order chi connectivity index (χ1) is 13.8. The fourth-order valence-corrected chi connectivity index (χ4v) is 3.94. The summed E-state index contributed by atoms with van der Waals surface area (Å²) in [4.78, 5) is 32.0. The van der Waals surface area contributed by atoms with Crippen LogP contribution in [0, 0.1) is 0 Å². The van der Waals surface area contributed by atoms with Crippen molar-refractivity contribution in [2.24, 2.45) is 7.05 Å². The van der Waals surface area contributed by atoms with Gasteiger partial charge in [-0.1, -0.05) is 17.7 Å². The Morgan fingerprint density at radius 1 is 1.21 bits per heavy atom. The molecule has 1 aliphatic rings. The Morgan fingerprint density at radius 3 is 2.66 bits per heavy atom. The van der Waals surface area contributed by atoms with E-state index >= 15 is 0 Å². The van der Waals surface area contributed by atoms with Crippen LogP contribution in [0.5, 0.6) is 0 Å². The topological polar surface area (TPSA) is 91.6 Å². The second kappa shape index (κ2) is 7.36. The van der Waals surface area contributed by atoms with Gasteiger partial charge < -0.3 is 14.9 Å². The third kappa shape index (κ3) is 3.51. The second-order valence-corrected chi connectivity index (χ2v) is 7.54. The number of carboxylic acid groups (broad SMARTS) is 1. The maximum Gasteiger partial charge on any atom is 0.407 e. The summed E-state index contributed by atoms with van der Waals surface area (Å²) in [5, 5.41) is 14.6. The number of fused-ring (bicyclic) bond motifs is 1. The number of hydrogen-bond acceptors (Lipinski definition) is 4. The minimum absolute atomic E-state index is 0.145. The predicted octanol–water partition coefficient (Wildman–Crippen LogP) is 3.11. The van der Waals surface area contributed by atoms with Crippen molar-refractivity contribution < 1.29 is 14.7 Å². The third-order valence-electron chi connectivity index (χ3n) is 5.25. The van der Waals surface area contributed by atoms with E-state index in [2.05, 4.69) is 10.1 Å². The average molecular weight is 414 g/mol. The molecule has 8 nitrogen and oxygen atoms in total. The number of amides is 2. The first-order valence-corrected chi connectivity index (χ1v) is 9.60. The lowest BCUT2D eigenvalue weighted by Gasteiger charge is -2.38. The van der Waals surface area contributed by atoms with Crippen LogP contribution < -0.4 is 0 Å². The molecule has 1 atom stereocenters. The zero-order valence-corrected chi connectivity index (χ0v) is 16.8. The molecule has 1 aliphatic heterocycles. The molecule has 3 heterocycles.